The van der Waals surface area contributed by atoms with Crippen molar-refractivity contribution in [3.8, 4) is 6.07 Å². The third-order valence-electron chi connectivity index (χ3n) is 4.72. The summed E-state index contributed by atoms with van der Waals surface area (Å²) in [5, 5.41) is 9.47. The highest BCUT2D eigenvalue weighted by Gasteiger charge is 2.62. The van der Waals surface area contributed by atoms with Crippen molar-refractivity contribution in [2.45, 2.75) is 35.3 Å². The van der Waals surface area contributed by atoms with Crippen LogP contribution in [0.3, 0.4) is 0 Å². The van der Waals surface area contributed by atoms with Gasteiger partial charge in [0.1, 0.15) is 5.82 Å². The fourth-order valence-corrected chi connectivity index (χ4v) is 5.54. The van der Waals surface area contributed by atoms with E-state index in [4.69, 9.17) is 4.74 Å². The molecule has 1 spiro atoms. The normalized spacial score (nSPS) is 23.2. The standard InChI is InChI=1S/C15H16FNO3S/c16-12-1-3-13(4-2-12)21(18,19)15(11-17)9-14(10-15)5-7-20-8-6-14/h1-4H,5-10H2. The molecule has 4 nitrogen and oxygen atoms in total. The fraction of sp³-hybridized carbons (Fsp3) is 0.533. The summed E-state index contributed by atoms with van der Waals surface area (Å²) in [5.41, 5.74) is -0.0823. The highest BCUT2D eigenvalue weighted by atomic mass is 32.2. The Bertz CT molecular complexity index is 677. The second kappa shape index (κ2) is 4.79. The molecule has 0 N–H and O–H groups in total. The van der Waals surface area contributed by atoms with E-state index in [1.54, 1.807) is 0 Å². The monoisotopic (exact) mass is 309 g/mol. The van der Waals surface area contributed by atoms with Gasteiger partial charge in [0.15, 0.2) is 14.6 Å². The van der Waals surface area contributed by atoms with Crippen molar-refractivity contribution in [2.24, 2.45) is 5.41 Å². The van der Waals surface area contributed by atoms with Crippen molar-refractivity contribution < 1.29 is 17.5 Å². The molecule has 21 heavy (non-hydrogen) atoms. The van der Waals surface area contributed by atoms with Crippen LogP contribution in [0.1, 0.15) is 25.7 Å². The molecule has 0 amide bonds. The van der Waals surface area contributed by atoms with Crippen molar-refractivity contribution in [3.63, 3.8) is 0 Å². The van der Waals surface area contributed by atoms with Crippen LogP contribution in [0.5, 0.6) is 0 Å². The Morgan fingerprint density at radius 3 is 2.24 bits per heavy atom. The predicted octanol–water partition coefficient (Wildman–Crippen LogP) is 2.45. The van der Waals surface area contributed by atoms with E-state index in [9.17, 15) is 18.1 Å². The lowest BCUT2D eigenvalue weighted by Gasteiger charge is -2.53. The van der Waals surface area contributed by atoms with Gasteiger partial charge in [0.05, 0.1) is 11.0 Å². The molecule has 1 saturated heterocycles. The lowest BCUT2D eigenvalue weighted by molar-refractivity contribution is -0.0382. The first-order valence-corrected chi connectivity index (χ1v) is 8.41. The second-order valence-electron chi connectivity index (χ2n) is 6.03. The van der Waals surface area contributed by atoms with Crippen LogP contribution in [-0.2, 0) is 14.6 Å². The number of sulfone groups is 1. The molecule has 0 unspecified atom stereocenters. The van der Waals surface area contributed by atoms with Gasteiger partial charge in [-0.3, -0.25) is 0 Å². The minimum atomic E-state index is -3.77. The minimum absolute atomic E-state index is 0.0207. The number of nitrogens with zero attached hydrogens (tertiary/aromatic N) is 1. The molecule has 0 bridgehead atoms. The molecular weight excluding hydrogens is 293 g/mol. The smallest absolute Gasteiger partial charge is 0.197 e. The van der Waals surface area contributed by atoms with Crippen LogP contribution in [0.4, 0.5) is 4.39 Å². The zero-order chi connectivity index (χ0) is 15.1. The van der Waals surface area contributed by atoms with Gasteiger partial charge in [-0.25, -0.2) is 12.8 Å². The number of benzene rings is 1. The Kier molecular flexibility index (Phi) is 3.30. The van der Waals surface area contributed by atoms with E-state index in [0.717, 1.165) is 25.0 Å². The summed E-state index contributed by atoms with van der Waals surface area (Å²) in [6.07, 6.45) is 2.30. The van der Waals surface area contributed by atoms with Crippen molar-refractivity contribution in [1.82, 2.24) is 0 Å². The fourth-order valence-electron chi connectivity index (χ4n) is 3.49. The first kappa shape index (κ1) is 14.5. The highest BCUT2D eigenvalue weighted by Crippen LogP contribution is 2.58. The van der Waals surface area contributed by atoms with E-state index in [0.29, 0.717) is 26.1 Å². The largest absolute Gasteiger partial charge is 0.381 e. The van der Waals surface area contributed by atoms with Gasteiger partial charge < -0.3 is 4.74 Å². The second-order valence-corrected chi connectivity index (χ2v) is 8.29. The molecule has 2 aliphatic rings. The van der Waals surface area contributed by atoms with Crippen molar-refractivity contribution in [2.75, 3.05) is 13.2 Å². The SMILES string of the molecule is N#CC1(S(=O)(=O)c2ccc(F)cc2)CC2(CCOCC2)C1. The zero-order valence-corrected chi connectivity index (χ0v) is 12.3. The maximum Gasteiger partial charge on any atom is 0.197 e. The minimum Gasteiger partial charge on any atom is -0.381 e. The molecule has 1 saturated carbocycles. The van der Waals surface area contributed by atoms with Crippen LogP contribution in [0.25, 0.3) is 0 Å². The summed E-state index contributed by atoms with van der Waals surface area (Å²) in [6.45, 7) is 1.25. The number of hydrogen-bond acceptors (Lipinski definition) is 4. The molecule has 0 aromatic heterocycles. The van der Waals surface area contributed by atoms with E-state index in [2.05, 4.69) is 0 Å². The Labute approximate surface area is 123 Å². The summed E-state index contributed by atoms with van der Waals surface area (Å²) < 4.78 is 42.4. The molecule has 1 heterocycles. The Morgan fingerprint density at radius 1 is 1.14 bits per heavy atom. The third kappa shape index (κ3) is 2.16. The van der Waals surface area contributed by atoms with Gasteiger partial charge in [-0.05, 0) is 55.4 Å². The summed E-state index contributed by atoms with van der Waals surface area (Å²) in [5.74, 6) is -0.491. The van der Waals surface area contributed by atoms with Crippen LogP contribution in [0.15, 0.2) is 29.2 Å². The van der Waals surface area contributed by atoms with Crippen molar-refractivity contribution >= 4 is 9.84 Å². The first-order chi connectivity index (χ1) is 9.93. The Morgan fingerprint density at radius 2 is 1.71 bits per heavy atom. The van der Waals surface area contributed by atoms with E-state index in [1.807, 2.05) is 6.07 Å². The van der Waals surface area contributed by atoms with Gasteiger partial charge in [0.2, 0.25) is 0 Å². The van der Waals surface area contributed by atoms with Gasteiger partial charge in [-0.1, -0.05) is 0 Å². The van der Waals surface area contributed by atoms with Crippen LogP contribution < -0.4 is 0 Å². The van der Waals surface area contributed by atoms with E-state index >= 15 is 0 Å². The summed E-state index contributed by atoms with van der Waals surface area (Å²) in [6, 6.07) is 6.71. The maximum absolute atomic E-state index is 13.0. The van der Waals surface area contributed by atoms with Crippen molar-refractivity contribution in [3.05, 3.63) is 30.1 Å². The van der Waals surface area contributed by atoms with Gasteiger partial charge >= 0.3 is 0 Å². The van der Waals surface area contributed by atoms with E-state index in [-0.39, 0.29) is 10.3 Å². The first-order valence-electron chi connectivity index (χ1n) is 6.92. The summed E-state index contributed by atoms with van der Waals surface area (Å²) in [7, 11) is -3.77. The van der Waals surface area contributed by atoms with Crippen LogP contribution in [0, 0.1) is 22.6 Å². The summed E-state index contributed by atoms with van der Waals surface area (Å²) >= 11 is 0. The molecule has 1 aliphatic carbocycles. The third-order valence-corrected chi connectivity index (χ3v) is 7.02. The molecule has 0 radical (unpaired) electrons. The number of ether oxygens (including phenoxy) is 1. The predicted molar refractivity (Wildman–Crippen MR) is 73.6 cm³/mol. The number of halogens is 1. The maximum atomic E-state index is 13.0. The van der Waals surface area contributed by atoms with Crippen LogP contribution >= 0.6 is 0 Å². The Hall–Kier alpha value is -1.45. The number of hydrogen-bond donors (Lipinski definition) is 0. The molecule has 2 fully saturated rings. The van der Waals surface area contributed by atoms with E-state index < -0.39 is 20.4 Å². The highest BCUT2D eigenvalue weighted by molar-refractivity contribution is 7.93. The molecular formula is C15H16FNO3S. The average molecular weight is 309 g/mol. The number of rotatable bonds is 2. The van der Waals surface area contributed by atoms with Crippen LogP contribution in [0.2, 0.25) is 0 Å². The quantitative estimate of drug-likeness (QED) is 0.787. The molecule has 1 aliphatic heterocycles. The molecule has 112 valence electrons. The Balaban J connectivity index is 1.91. The molecule has 3 rings (SSSR count). The van der Waals surface area contributed by atoms with Gasteiger partial charge in [0, 0.05) is 13.2 Å². The van der Waals surface area contributed by atoms with Crippen LogP contribution in [-0.4, -0.2) is 26.4 Å². The summed E-state index contributed by atoms with van der Waals surface area (Å²) in [4.78, 5) is 0.0207. The molecule has 6 heteroatoms. The lowest BCUT2D eigenvalue weighted by Crippen LogP contribution is -2.57. The molecule has 1 aromatic carbocycles. The zero-order valence-electron chi connectivity index (χ0n) is 11.5. The van der Waals surface area contributed by atoms with Gasteiger partial charge in [-0.2, -0.15) is 5.26 Å². The van der Waals surface area contributed by atoms with E-state index in [1.165, 1.54) is 12.1 Å². The molecule has 0 atom stereocenters. The average Bonchev–Trinajstić information content (AvgIpc) is 2.45. The van der Waals surface area contributed by atoms with Crippen molar-refractivity contribution in [1.29, 1.82) is 5.26 Å². The number of nitriles is 1. The lowest BCUT2D eigenvalue weighted by atomic mass is 9.58. The molecule has 1 aromatic rings. The topological polar surface area (TPSA) is 67.2 Å². The van der Waals surface area contributed by atoms with Gasteiger partial charge in [-0.15, -0.1) is 0 Å². The van der Waals surface area contributed by atoms with Gasteiger partial charge in [0.25, 0.3) is 0 Å².